The molecule has 1 fully saturated rings. The van der Waals surface area contributed by atoms with E-state index in [1.54, 1.807) is 0 Å². The summed E-state index contributed by atoms with van der Waals surface area (Å²) in [6, 6.07) is 0. The Hall–Kier alpha value is -1.19. The van der Waals surface area contributed by atoms with Crippen LogP contribution in [0.3, 0.4) is 0 Å². The molecule has 1 aliphatic heterocycles. The SMILES string of the molecule is CCCCCCCC1CC(=O)N(CCCCCC(=O)C(CC)CCCC)C1=O. The van der Waals surface area contributed by atoms with Crippen LogP contribution in [0, 0.1) is 11.8 Å². The number of carbonyl (C=O) groups is 3. The minimum Gasteiger partial charge on any atom is -0.299 e. The number of likely N-dealkylation sites (tertiary alicyclic amines) is 1. The molecular formula is C24H43NO3. The molecule has 0 bridgehead atoms. The quantitative estimate of drug-likeness (QED) is 0.223. The Bertz CT molecular complexity index is 474. The van der Waals surface area contributed by atoms with E-state index in [1.807, 2.05) is 0 Å². The van der Waals surface area contributed by atoms with Crippen LogP contribution < -0.4 is 0 Å². The summed E-state index contributed by atoms with van der Waals surface area (Å²) < 4.78 is 0. The Balaban J connectivity index is 2.21. The Labute approximate surface area is 172 Å². The lowest BCUT2D eigenvalue weighted by molar-refractivity contribution is -0.139. The van der Waals surface area contributed by atoms with Gasteiger partial charge in [0.05, 0.1) is 0 Å². The van der Waals surface area contributed by atoms with Crippen molar-refractivity contribution >= 4 is 17.6 Å². The van der Waals surface area contributed by atoms with Crippen LogP contribution in [0.5, 0.6) is 0 Å². The van der Waals surface area contributed by atoms with Crippen LogP contribution in [0.4, 0.5) is 0 Å². The highest BCUT2D eigenvalue weighted by atomic mass is 16.2. The maximum absolute atomic E-state index is 12.5. The highest BCUT2D eigenvalue weighted by molar-refractivity contribution is 6.03. The molecule has 1 rings (SSSR count). The first kappa shape index (κ1) is 24.8. The smallest absolute Gasteiger partial charge is 0.232 e. The number of unbranched alkanes of at least 4 members (excludes halogenated alkanes) is 7. The molecule has 2 unspecified atom stereocenters. The van der Waals surface area contributed by atoms with Gasteiger partial charge >= 0.3 is 0 Å². The molecule has 1 aliphatic rings. The Kier molecular flexibility index (Phi) is 13.1. The summed E-state index contributed by atoms with van der Waals surface area (Å²) >= 11 is 0. The Morgan fingerprint density at radius 2 is 1.61 bits per heavy atom. The molecule has 0 saturated carbocycles. The van der Waals surface area contributed by atoms with Gasteiger partial charge in [-0.15, -0.1) is 0 Å². The van der Waals surface area contributed by atoms with E-state index in [-0.39, 0.29) is 23.7 Å². The minimum absolute atomic E-state index is 0.00486. The van der Waals surface area contributed by atoms with Crippen LogP contribution in [-0.4, -0.2) is 29.0 Å². The number of hydrogen-bond donors (Lipinski definition) is 0. The van der Waals surface area contributed by atoms with Gasteiger partial charge in [-0.05, 0) is 32.1 Å². The molecule has 1 saturated heterocycles. The van der Waals surface area contributed by atoms with Gasteiger partial charge in [-0.1, -0.05) is 72.1 Å². The van der Waals surface area contributed by atoms with Crippen molar-refractivity contribution in [3.05, 3.63) is 0 Å². The van der Waals surface area contributed by atoms with Crippen molar-refractivity contribution in [1.29, 1.82) is 0 Å². The van der Waals surface area contributed by atoms with Crippen molar-refractivity contribution in [3.8, 4) is 0 Å². The highest BCUT2D eigenvalue weighted by Gasteiger charge is 2.37. The number of ketones is 1. The predicted molar refractivity (Wildman–Crippen MR) is 115 cm³/mol. The molecule has 0 aromatic carbocycles. The normalized spacial score (nSPS) is 18.1. The second-order valence-corrected chi connectivity index (χ2v) is 8.51. The molecule has 4 nitrogen and oxygen atoms in total. The maximum atomic E-state index is 12.5. The molecule has 0 N–H and O–H groups in total. The van der Waals surface area contributed by atoms with Crippen LogP contribution in [0.1, 0.15) is 117 Å². The van der Waals surface area contributed by atoms with Crippen molar-refractivity contribution in [2.45, 2.75) is 117 Å². The molecule has 1 heterocycles. The zero-order chi connectivity index (χ0) is 20.8. The zero-order valence-corrected chi connectivity index (χ0v) is 18.6. The fraction of sp³-hybridized carbons (Fsp3) is 0.875. The van der Waals surface area contributed by atoms with E-state index in [9.17, 15) is 14.4 Å². The number of nitrogens with zero attached hydrogens (tertiary/aromatic N) is 1. The molecule has 2 amide bonds. The molecule has 28 heavy (non-hydrogen) atoms. The summed E-state index contributed by atoms with van der Waals surface area (Å²) in [4.78, 5) is 38.4. The zero-order valence-electron chi connectivity index (χ0n) is 18.6. The first-order chi connectivity index (χ1) is 13.5. The van der Waals surface area contributed by atoms with Crippen LogP contribution in [0.25, 0.3) is 0 Å². The van der Waals surface area contributed by atoms with Gasteiger partial charge in [0.25, 0.3) is 0 Å². The molecule has 4 heteroatoms. The van der Waals surface area contributed by atoms with Gasteiger partial charge in [-0.2, -0.15) is 0 Å². The predicted octanol–water partition coefficient (Wildman–Crippen LogP) is 6.07. The second kappa shape index (κ2) is 14.8. The minimum atomic E-state index is -0.0837. The van der Waals surface area contributed by atoms with Crippen molar-refractivity contribution in [2.24, 2.45) is 11.8 Å². The summed E-state index contributed by atoms with van der Waals surface area (Å²) in [5.41, 5.74) is 0. The summed E-state index contributed by atoms with van der Waals surface area (Å²) in [5, 5.41) is 0. The van der Waals surface area contributed by atoms with Crippen LogP contribution >= 0.6 is 0 Å². The lowest BCUT2D eigenvalue weighted by Gasteiger charge is -2.15. The van der Waals surface area contributed by atoms with Crippen LogP contribution in [0.15, 0.2) is 0 Å². The van der Waals surface area contributed by atoms with E-state index in [0.29, 0.717) is 25.2 Å². The topological polar surface area (TPSA) is 54.5 Å². The number of amides is 2. The van der Waals surface area contributed by atoms with Gasteiger partial charge in [0.1, 0.15) is 5.78 Å². The van der Waals surface area contributed by atoms with Gasteiger partial charge in [0.2, 0.25) is 11.8 Å². The Morgan fingerprint density at radius 1 is 0.929 bits per heavy atom. The van der Waals surface area contributed by atoms with Crippen LogP contribution in [-0.2, 0) is 14.4 Å². The van der Waals surface area contributed by atoms with Gasteiger partial charge in [-0.25, -0.2) is 0 Å². The first-order valence-corrected chi connectivity index (χ1v) is 11.9. The number of rotatable bonds is 17. The molecule has 2 atom stereocenters. The molecule has 0 spiro atoms. The monoisotopic (exact) mass is 393 g/mol. The summed E-state index contributed by atoms with van der Waals surface area (Å²) in [5.74, 6) is 0.583. The van der Waals surface area contributed by atoms with E-state index >= 15 is 0 Å². The maximum Gasteiger partial charge on any atom is 0.232 e. The third-order valence-electron chi connectivity index (χ3n) is 6.15. The third kappa shape index (κ3) is 8.87. The van der Waals surface area contributed by atoms with E-state index in [1.165, 1.54) is 24.2 Å². The Morgan fingerprint density at radius 3 is 2.29 bits per heavy atom. The standard InChI is InChI=1S/C24H43NO3/c1-4-7-9-10-12-16-21-19-23(27)25(24(21)28)18-14-11-13-17-22(26)20(6-3)15-8-5-2/h20-21H,4-19H2,1-3H3. The van der Waals surface area contributed by atoms with Crippen LogP contribution in [0.2, 0.25) is 0 Å². The molecule has 0 aromatic heterocycles. The van der Waals surface area contributed by atoms with Crippen molar-refractivity contribution in [3.63, 3.8) is 0 Å². The summed E-state index contributed by atoms with van der Waals surface area (Å²) in [6.45, 7) is 6.99. The van der Waals surface area contributed by atoms with E-state index in [0.717, 1.165) is 64.2 Å². The molecule has 162 valence electrons. The molecule has 0 aromatic rings. The van der Waals surface area contributed by atoms with Gasteiger partial charge in [-0.3, -0.25) is 19.3 Å². The van der Waals surface area contributed by atoms with Crippen molar-refractivity contribution < 1.29 is 14.4 Å². The lowest BCUT2D eigenvalue weighted by Crippen LogP contribution is -2.31. The van der Waals surface area contributed by atoms with Crippen molar-refractivity contribution in [1.82, 2.24) is 4.90 Å². The van der Waals surface area contributed by atoms with Gasteiger partial charge in [0.15, 0.2) is 0 Å². The fourth-order valence-electron chi connectivity index (χ4n) is 4.20. The summed E-state index contributed by atoms with van der Waals surface area (Å²) in [6.07, 6.45) is 14.6. The largest absolute Gasteiger partial charge is 0.299 e. The summed E-state index contributed by atoms with van der Waals surface area (Å²) in [7, 11) is 0. The van der Waals surface area contributed by atoms with Gasteiger partial charge < -0.3 is 0 Å². The first-order valence-electron chi connectivity index (χ1n) is 11.9. The number of imide groups is 1. The van der Waals surface area contributed by atoms with Gasteiger partial charge in [0, 0.05) is 31.2 Å². The average molecular weight is 394 g/mol. The van der Waals surface area contributed by atoms with E-state index < -0.39 is 0 Å². The highest BCUT2D eigenvalue weighted by Crippen LogP contribution is 2.25. The molecular weight excluding hydrogens is 350 g/mol. The fourth-order valence-corrected chi connectivity index (χ4v) is 4.20. The lowest BCUT2D eigenvalue weighted by atomic mass is 9.92. The van der Waals surface area contributed by atoms with E-state index in [2.05, 4.69) is 20.8 Å². The van der Waals surface area contributed by atoms with Crippen molar-refractivity contribution in [2.75, 3.05) is 6.54 Å². The molecule has 0 radical (unpaired) electrons. The average Bonchev–Trinajstić information content (AvgIpc) is 2.95. The van der Waals surface area contributed by atoms with E-state index in [4.69, 9.17) is 0 Å². The number of Topliss-reactive ketones (excluding diaryl/α,β-unsaturated/α-hetero) is 1. The second-order valence-electron chi connectivity index (χ2n) is 8.51. The number of hydrogen-bond acceptors (Lipinski definition) is 3. The molecule has 0 aliphatic carbocycles. The third-order valence-corrected chi connectivity index (χ3v) is 6.15. The number of carbonyl (C=O) groups excluding carboxylic acids is 3.